The molecule has 1 fully saturated rings. The fraction of sp³-hybridized carbons (Fsp3) is 0.250. The molecular formula is C16H14ClN3O5. The van der Waals surface area contributed by atoms with Crippen molar-refractivity contribution in [1.29, 1.82) is 0 Å². The van der Waals surface area contributed by atoms with Crippen molar-refractivity contribution in [3.63, 3.8) is 0 Å². The molecule has 130 valence electrons. The standard InChI is InChI=1S/C16H14ClN3O5/c17-14-9-12(20(23)24)1-2-13(14)16(22)19-6-4-18(5-7-19)15(21)11-3-8-25-10-11/h1-3,8-10H,4-7H2. The van der Waals surface area contributed by atoms with Gasteiger partial charge in [0.2, 0.25) is 0 Å². The second kappa shape index (κ2) is 6.94. The van der Waals surface area contributed by atoms with E-state index in [9.17, 15) is 19.7 Å². The predicted molar refractivity (Wildman–Crippen MR) is 88.6 cm³/mol. The van der Waals surface area contributed by atoms with Crippen molar-refractivity contribution in [1.82, 2.24) is 9.80 Å². The first kappa shape index (κ1) is 17.0. The Bertz CT molecular complexity index is 813. The van der Waals surface area contributed by atoms with Crippen molar-refractivity contribution in [2.24, 2.45) is 0 Å². The van der Waals surface area contributed by atoms with Crippen LogP contribution < -0.4 is 0 Å². The minimum Gasteiger partial charge on any atom is -0.472 e. The summed E-state index contributed by atoms with van der Waals surface area (Å²) < 4.78 is 4.91. The summed E-state index contributed by atoms with van der Waals surface area (Å²) in [4.78, 5) is 38.2. The lowest BCUT2D eigenvalue weighted by molar-refractivity contribution is -0.384. The van der Waals surface area contributed by atoms with Gasteiger partial charge in [-0.3, -0.25) is 19.7 Å². The average Bonchev–Trinajstić information content (AvgIpc) is 3.15. The molecule has 0 bridgehead atoms. The first-order valence-corrected chi connectivity index (χ1v) is 7.90. The van der Waals surface area contributed by atoms with Crippen LogP contribution in [0.4, 0.5) is 5.69 Å². The summed E-state index contributed by atoms with van der Waals surface area (Å²) in [6, 6.07) is 5.35. The highest BCUT2D eigenvalue weighted by atomic mass is 35.5. The zero-order chi connectivity index (χ0) is 18.0. The van der Waals surface area contributed by atoms with Crippen LogP contribution in [0, 0.1) is 10.1 Å². The molecule has 0 atom stereocenters. The summed E-state index contributed by atoms with van der Waals surface area (Å²) in [5, 5.41) is 10.8. The van der Waals surface area contributed by atoms with Gasteiger partial charge in [-0.05, 0) is 12.1 Å². The molecule has 25 heavy (non-hydrogen) atoms. The van der Waals surface area contributed by atoms with E-state index in [0.29, 0.717) is 31.7 Å². The number of piperazine rings is 1. The number of hydrogen-bond donors (Lipinski definition) is 0. The molecular weight excluding hydrogens is 350 g/mol. The maximum Gasteiger partial charge on any atom is 0.270 e. The van der Waals surface area contributed by atoms with Crippen molar-refractivity contribution in [3.05, 3.63) is 63.1 Å². The van der Waals surface area contributed by atoms with Crippen molar-refractivity contribution < 1.29 is 18.9 Å². The Morgan fingerprint density at radius 3 is 2.24 bits per heavy atom. The van der Waals surface area contributed by atoms with Crippen LogP contribution in [0.2, 0.25) is 5.02 Å². The zero-order valence-electron chi connectivity index (χ0n) is 13.1. The number of amides is 2. The highest BCUT2D eigenvalue weighted by Crippen LogP contribution is 2.24. The third-order valence-electron chi connectivity index (χ3n) is 4.02. The van der Waals surface area contributed by atoms with Crippen LogP contribution in [0.15, 0.2) is 41.2 Å². The highest BCUT2D eigenvalue weighted by molar-refractivity contribution is 6.34. The average molecular weight is 364 g/mol. The molecule has 2 heterocycles. The Balaban J connectivity index is 1.66. The molecule has 0 radical (unpaired) electrons. The number of rotatable bonds is 3. The van der Waals surface area contributed by atoms with E-state index in [-0.39, 0.29) is 28.1 Å². The van der Waals surface area contributed by atoms with E-state index < -0.39 is 4.92 Å². The Morgan fingerprint density at radius 1 is 1.08 bits per heavy atom. The summed E-state index contributed by atoms with van der Waals surface area (Å²) in [5.41, 5.74) is 0.511. The molecule has 2 aromatic rings. The van der Waals surface area contributed by atoms with Crippen molar-refractivity contribution in [3.8, 4) is 0 Å². The number of furan rings is 1. The molecule has 1 saturated heterocycles. The molecule has 1 aromatic heterocycles. The van der Waals surface area contributed by atoms with Crippen LogP contribution in [-0.4, -0.2) is 52.7 Å². The summed E-state index contributed by atoms with van der Waals surface area (Å²) in [6.45, 7) is 1.49. The smallest absolute Gasteiger partial charge is 0.270 e. The van der Waals surface area contributed by atoms with Gasteiger partial charge in [0, 0.05) is 38.3 Å². The van der Waals surface area contributed by atoms with Gasteiger partial charge in [-0.1, -0.05) is 11.6 Å². The number of benzene rings is 1. The van der Waals surface area contributed by atoms with E-state index in [0.717, 1.165) is 6.07 Å². The lowest BCUT2D eigenvalue weighted by Crippen LogP contribution is -2.50. The summed E-state index contributed by atoms with van der Waals surface area (Å²) in [6.07, 6.45) is 2.82. The van der Waals surface area contributed by atoms with E-state index in [1.165, 1.54) is 24.7 Å². The van der Waals surface area contributed by atoms with E-state index in [2.05, 4.69) is 0 Å². The molecule has 0 spiro atoms. The number of hydrogen-bond acceptors (Lipinski definition) is 5. The molecule has 1 aromatic carbocycles. The minimum atomic E-state index is -0.569. The van der Waals surface area contributed by atoms with Gasteiger partial charge in [0.05, 0.1) is 27.3 Å². The van der Waals surface area contributed by atoms with Crippen molar-refractivity contribution in [2.75, 3.05) is 26.2 Å². The fourth-order valence-electron chi connectivity index (χ4n) is 2.64. The predicted octanol–water partition coefficient (Wildman–Crippen LogP) is 2.44. The van der Waals surface area contributed by atoms with Gasteiger partial charge in [-0.15, -0.1) is 0 Å². The number of carbonyl (C=O) groups is 2. The topological polar surface area (TPSA) is 96.9 Å². The van der Waals surface area contributed by atoms with Gasteiger partial charge in [0.15, 0.2) is 0 Å². The molecule has 3 rings (SSSR count). The number of nitro benzene ring substituents is 1. The SMILES string of the molecule is O=C(c1ccoc1)N1CCN(C(=O)c2ccc([N+](=O)[O-])cc2Cl)CC1. The van der Waals surface area contributed by atoms with E-state index in [1.54, 1.807) is 15.9 Å². The molecule has 1 aliphatic heterocycles. The zero-order valence-corrected chi connectivity index (χ0v) is 13.8. The Hall–Kier alpha value is -2.87. The van der Waals surface area contributed by atoms with Gasteiger partial charge < -0.3 is 14.2 Å². The van der Waals surface area contributed by atoms with Crippen molar-refractivity contribution >= 4 is 29.1 Å². The lowest BCUT2D eigenvalue weighted by Gasteiger charge is -2.34. The molecule has 0 aliphatic carbocycles. The van der Waals surface area contributed by atoms with Crippen LogP contribution in [0.5, 0.6) is 0 Å². The first-order valence-electron chi connectivity index (χ1n) is 7.52. The summed E-state index contributed by atoms with van der Waals surface area (Å²) >= 11 is 6.01. The Kier molecular flexibility index (Phi) is 4.71. The normalized spacial score (nSPS) is 14.4. The number of halogens is 1. The number of nitrogens with zero attached hydrogens (tertiary/aromatic N) is 3. The molecule has 0 unspecified atom stereocenters. The third-order valence-corrected chi connectivity index (χ3v) is 4.33. The Labute approximate surface area is 147 Å². The molecule has 8 nitrogen and oxygen atoms in total. The maximum absolute atomic E-state index is 12.6. The van der Waals surface area contributed by atoms with Crippen LogP contribution >= 0.6 is 11.6 Å². The van der Waals surface area contributed by atoms with Crippen LogP contribution in [0.3, 0.4) is 0 Å². The largest absolute Gasteiger partial charge is 0.472 e. The lowest BCUT2D eigenvalue weighted by atomic mass is 10.1. The van der Waals surface area contributed by atoms with E-state index in [4.69, 9.17) is 16.0 Å². The molecule has 1 aliphatic rings. The second-order valence-corrected chi connectivity index (χ2v) is 5.92. The van der Waals surface area contributed by atoms with Crippen LogP contribution in [0.1, 0.15) is 20.7 Å². The molecule has 2 amide bonds. The molecule has 9 heteroatoms. The summed E-state index contributed by atoms with van der Waals surface area (Å²) in [7, 11) is 0. The molecule has 0 saturated carbocycles. The second-order valence-electron chi connectivity index (χ2n) is 5.52. The number of carbonyl (C=O) groups excluding carboxylic acids is 2. The van der Waals surface area contributed by atoms with E-state index >= 15 is 0 Å². The highest BCUT2D eigenvalue weighted by Gasteiger charge is 2.27. The fourth-order valence-corrected chi connectivity index (χ4v) is 2.90. The third kappa shape index (κ3) is 3.48. The van der Waals surface area contributed by atoms with Gasteiger partial charge >= 0.3 is 0 Å². The van der Waals surface area contributed by atoms with Crippen molar-refractivity contribution in [2.45, 2.75) is 0 Å². The first-order chi connectivity index (χ1) is 12.0. The van der Waals surface area contributed by atoms with E-state index in [1.807, 2.05) is 0 Å². The number of non-ortho nitro benzene ring substituents is 1. The van der Waals surface area contributed by atoms with Crippen LogP contribution in [-0.2, 0) is 0 Å². The summed E-state index contributed by atoms with van der Waals surface area (Å²) in [5.74, 6) is -0.454. The molecule has 0 N–H and O–H groups in total. The maximum atomic E-state index is 12.6. The van der Waals surface area contributed by atoms with Crippen LogP contribution in [0.25, 0.3) is 0 Å². The minimum absolute atomic E-state index is 0.0381. The van der Waals surface area contributed by atoms with Gasteiger partial charge in [0.1, 0.15) is 6.26 Å². The van der Waals surface area contributed by atoms with Gasteiger partial charge in [0.25, 0.3) is 17.5 Å². The van der Waals surface area contributed by atoms with Gasteiger partial charge in [-0.2, -0.15) is 0 Å². The van der Waals surface area contributed by atoms with Gasteiger partial charge in [-0.25, -0.2) is 0 Å². The monoisotopic (exact) mass is 363 g/mol. The number of nitro groups is 1. The Morgan fingerprint density at radius 2 is 1.72 bits per heavy atom. The quantitative estimate of drug-likeness (QED) is 0.616.